The molecule has 1 aliphatic carbocycles. The van der Waals surface area contributed by atoms with Gasteiger partial charge in [-0.2, -0.15) is 0 Å². The lowest BCUT2D eigenvalue weighted by Crippen LogP contribution is -2.24. The van der Waals surface area contributed by atoms with Gasteiger partial charge >= 0.3 is 5.69 Å². The first-order chi connectivity index (χ1) is 8.25. The Kier molecular flexibility index (Phi) is 2.35. The van der Waals surface area contributed by atoms with Crippen LogP contribution < -0.4 is 5.69 Å². The van der Waals surface area contributed by atoms with Crippen molar-refractivity contribution in [2.45, 2.75) is 32.4 Å². The fraction of sp³-hybridized carbons (Fsp3) is 0.385. The van der Waals surface area contributed by atoms with Crippen LogP contribution in [0.15, 0.2) is 35.5 Å². The molecule has 1 saturated carbocycles. The summed E-state index contributed by atoms with van der Waals surface area (Å²) >= 11 is 0. The zero-order valence-electron chi connectivity index (χ0n) is 9.84. The molecule has 0 N–H and O–H groups in total. The Morgan fingerprint density at radius 2 is 2.24 bits per heavy atom. The van der Waals surface area contributed by atoms with Gasteiger partial charge in [-0.1, -0.05) is 6.07 Å². The van der Waals surface area contributed by atoms with Crippen LogP contribution in [0.3, 0.4) is 0 Å². The Morgan fingerprint density at radius 1 is 1.41 bits per heavy atom. The zero-order chi connectivity index (χ0) is 11.8. The Balaban J connectivity index is 1.91. The molecular formula is C13H15N3O. The lowest BCUT2D eigenvalue weighted by Gasteiger charge is -2.04. The predicted octanol–water partition coefficient (Wildman–Crippen LogP) is 1.74. The summed E-state index contributed by atoms with van der Waals surface area (Å²) in [6.07, 6.45) is 7.78. The fourth-order valence-corrected chi connectivity index (χ4v) is 2.02. The standard InChI is InChI=1S/C13H15N3O/c1-10-3-2-6-14-12(10)9-15-7-8-16(13(15)17)11-4-5-11/h2-3,6-8,11H,4-5,9H2,1H3. The minimum Gasteiger partial charge on any atom is -0.296 e. The van der Waals surface area contributed by atoms with Gasteiger partial charge in [0, 0.05) is 24.6 Å². The molecule has 4 heteroatoms. The van der Waals surface area contributed by atoms with E-state index in [1.165, 1.54) is 0 Å². The molecule has 2 aromatic heterocycles. The highest BCUT2D eigenvalue weighted by Crippen LogP contribution is 2.33. The van der Waals surface area contributed by atoms with Gasteiger partial charge in [0.05, 0.1) is 12.2 Å². The third-order valence-corrected chi connectivity index (χ3v) is 3.25. The molecule has 0 amide bonds. The van der Waals surface area contributed by atoms with Crippen LogP contribution in [-0.4, -0.2) is 14.1 Å². The third-order valence-electron chi connectivity index (χ3n) is 3.25. The molecule has 0 aliphatic heterocycles. The number of aromatic nitrogens is 3. The van der Waals surface area contributed by atoms with Crippen molar-refractivity contribution in [3.63, 3.8) is 0 Å². The highest BCUT2D eigenvalue weighted by Gasteiger charge is 2.25. The maximum atomic E-state index is 12.1. The lowest BCUT2D eigenvalue weighted by atomic mass is 10.2. The van der Waals surface area contributed by atoms with E-state index in [2.05, 4.69) is 4.98 Å². The van der Waals surface area contributed by atoms with E-state index in [9.17, 15) is 4.79 Å². The van der Waals surface area contributed by atoms with Gasteiger partial charge in [0.1, 0.15) is 0 Å². The summed E-state index contributed by atoms with van der Waals surface area (Å²) in [7, 11) is 0. The fourth-order valence-electron chi connectivity index (χ4n) is 2.02. The minimum atomic E-state index is 0.0811. The first-order valence-corrected chi connectivity index (χ1v) is 5.93. The van der Waals surface area contributed by atoms with E-state index >= 15 is 0 Å². The zero-order valence-corrected chi connectivity index (χ0v) is 9.84. The summed E-state index contributed by atoms with van der Waals surface area (Å²) in [5.74, 6) is 0. The van der Waals surface area contributed by atoms with Crippen molar-refractivity contribution in [1.82, 2.24) is 14.1 Å². The van der Waals surface area contributed by atoms with Gasteiger partial charge in [0.25, 0.3) is 0 Å². The van der Waals surface area contributed by atoms with Crippen LogP contribution in [0.5, 0.6) is 0 Å². The molecule has 4 nitrogen and oxygen atoms in total. The molecule has 0 radical (unpaired) electrons. The van der Waals surface area contributed by atoms with Crippen LogP contribution in [0.25, 0.3) is 0 Å². The number of rotatable bonds is 3. The topological polar surface area (TPSA) is 39.8 Å². The molecular weight excluding hydrogens is 214 g/mol. The molecule has 2 aromatic rings. The monoisotopic (exact) mass is 229 g/mol. The molecule has 1 aliphatic rings. The maximum Gasteiger partial charge on any atom is 0.328 e. The number of pyridine rings is 1. The molecule has 0 aromatic carbocycles. The highest BCUT2D eigenvalue weighted by atomic mass is 16.1. The Bertz CT molecular complexity index is 593. The Morgan fingerprint density at radius 3 is 2.94 bits per heavy atom. The SMILES string of the molecule is Cc1cccnc1Cn1ccn(C2CC2)c1=O. The summed E-state index contributed by atoms with van der Waals surface area (Å²) in [6, 6.07) is 4.37. The summed E-state index contributed by atoms with van der Waals surface area (Å²) in [6.45, 7) is 2.58. The van der Waals surface area contributed by atoms with Crippen molar-refractivity contribution >= 4 is 0 Å². The van der Waals surface area contributed by atoms with Gasteiger partial charge in [-0.05, 0) is 31.4 Å². The van der Waals surface area contributed by atoms with Crippen molar-refractivity contribution in [2.75, 3.05) is 0 Å². The molecule has 88 valence electrons. The second-order valence-electron chi connectivity index (χ2n) is 4.61. The average Bonchev–Trinajstić information content (AvgIpc) is 3.09. The quantitative estimate of drug-likeness (QED) is 0.804. The van der Waals surface area contributed by atoms with E-state index in [0.717, 1.165) is 24.1 Å². The molecule has 0 spiro atoms. The van der Waals surface area contributed by atoms with Gasteiger partial charge in [-0.3, -0.25) is 14.1 Å². The predicted molar refractivity (Wildman–Crippen MR) is 65.0 cm³/mol. The second-order valence-corrected chi connectivity index (χ2v) is 4.61. The van der Waals surface area contributed by atoms with Crippen molar-refractivity contribution in [3.05, 3.63) is 52.5 Å². The van der Waals surface area contributed by atoms with Crippen LogP contribution in [0.2, 0.25) is 0 Å². The van der Waals surface area contributed by atoms with Crippen LogP contribution in [0.4, 0.5) is 0 Å². The van der Waals surface area contributed by atoms with Crippen LogP contribution >= 0.6 is 0 Å². The van der Waals surface area contributed by atoms with Crippen LogP contribution in [-0.2, 0) is 6.54 Å². The molecule has 0 bridgehead atoms. The van der Waals surface area contributed by atoms with Crippen molar-refractivity contribution in [1.29, 1.82) is 0 Å². The summed E-state index contributed by atoms with van der Waals surface area (Å²) in [4.78, 5) is 16.4. The van der Waals surface area contributed by atoms with Crippen LogP contribution in [0, 0.1) is 6.92 Å². The normalized spacial score (nSPS) is 15.1. The summed E-state index contributed by atoms with van der Waals surface area (Å²) < 4.78 is 3.56. The first kappa shape index (κ1) is 10.3. The molecule has 0 atom stereocenters. The van der Waals surface area contributed by atoms with E-state index in [1.807, 2.05) is 36.0 Å². The van der Waals surface area contributed by atoms with E-state index in [0.29, 0.717) is 12.6 Å². The van der Waals surface area contributed by atoms with Gasteiger partial charge in [0.15, 0.2) is 0 Å². The number of nitrogens with zero attached hydrogens (tertiary/aromatic N) is 3. The summed E-state index contributed by atoms with van der Waals surface area (Å²) in [5, 5.41) is 0. The highest BCUT2D eigenvalue weighted by molar-refractivity contribution is 5.18. The molecule has 17 heavy (non-hydrogen) atoms. The number of hydrogen-bond acceptors (Lipinski definition) is 2. The van der Waals surface area contributed by atoms with Gasteiger partial charge < -0.3 is 0 Å². The minimum absolute atomic E-state index is 0.0811. The largest absolute Gasteiger partial charge is 0.328 e. The van der Waals surface area contributed by atoms with Gasteiger partial charge in [-0.15, -0.1) is 0 Å². The van der Waals surface area contributed by atoms with E-state index < -0.39 is 0 Å². The molecule has 0 saturated heterocycles. The molecule has 2 heterocycles. The van der Waals surface area contributed by atoms with Crippen molar-refractivity contribution in [2.24, 2.45) is 0 Å². The average molecular weight is 229 g/mol. The number of aryl methyl sites for hydroxylation is 1. The second kappa shape index (κ2) is 3.87. The first-order valence-electron chi connectivity index (χ1n) is 5.93. The maximum absolute atomic E-state index is 12.1. The molecule has 3 rings (SSSR count). The summed E-state index contributed by atoms with van der Waals surface area (Å²) in [5.41, 5.74) is 2.17. The molecule has 1 fully saturated rings. The van der Waals surface area contributed by atoms with Crippen molar-refractivity contribution in [3.8, 4) is 0 Å². The van der Waals surface area contributed by atoms with Crippen molar-refractivity contribution < 1.29 is 0 Å². The lowest BCUT2D eigenvalue weighted by molar-refractivity contribution is 0.649. The van der Waals surface area contributed by atoms with Gasteiger partial charge in [0.2, 0.25) is 0 Å². The van der Waals surface area contributed by atoms with Gasteiger partial charge in [-0.25, -0.2) is 4.79 Å². The Hall–Kier alpha value is -1.84. The Labute approximate surface area is 99.5 Å². The van der Waals surface area contributed by atoms with Crippen LogP contribution in [0.1, 0.15) is 30.1 Å². The molecule has 0 unspecified atom stereocenters. The van der Waals surface area contributed by atoms with E-state index in [4.69, 9.17) is 0 Å². The number of hydrogen-bond donors (Lipinski definition) is 0. The third kappa shape index (κ3) is 1.90. The van der Waals surface area contributed by atoms with E-state index in [1.54, 1.807) is 10.8 Å². The smallest absolute Gasteiger partial charge is 0.296 e. The number of imidazole rings is 1. The van der Waals surface area contributed by atoms with E-state index in [-0.39, 0.29) is 5.69 Å².